The summed E-state index contributed by atoms with van der Waals surface area (Å²) >= 11 is 0. The topological polar surface area (TPSA) is 78.5 Å². The number of hydrogen-bond acceptors (Lipinski definition) is 3. The Labute approximate surface area is 171 Å². The minimum atomic E-state index is -0.616. The fourth-order valence-corrected chi connectivity index (χ4v) is 3.46. The van der Waals surface area contributed by atoms with Crippen molar-refractivity contribution in [1.82, 2.24) is 4.90 Å². The van der Waals surface area contributed by atoms with Gasteiger partial charge in [0.1, 0.15) is 0 Å². The van der Waals surface area contributed by atoms with Crippen LogP contribution < -0.4 is 10.6 Å². The highest BCUT2D eigenvalue weighted by Gasteiger charge is 2.41. The third kappa shape index (κ3) is 4.01. The summed E-state index contributed by atoms with van der Waals surface area (Å²) in [7, 11) is 0. The monoisotopic (exact) mass is 393 g/mol. The zero-order valence-electron chi connectivity index (χ0n) is 17.7. The molecule has 0 aromatic heterocycles. The standard InChI is InChI=1S/C23H27N3O3/c1-22(2,3)17-9-7-8-10-18(17)25-21(29)24-14-11-12-15-16(13-14)20(28)26(19(15)27)23(4,5)6/h7-13H,1-6H3,(H2,24,25,29). The molecule has 3 rings (SSSR count). The molecule has 6 heteroatoms. The van der Waals surface area contributed by atoms with E-state index in [1.807, 2.05) is 45.0 Å². The van der Waals surface area contributed by atoms with Gasteiger partial charge in [-0.2, -0.15) is 0 Å². The van der Waals surface area contributed by atoms with Crippen molar-refractivity contribution in [3.05, 3.63) is 59.2 Å². The van der Waals surface area contributed by atoms with E-state index < -0.39 is 11.6 Å². The average molecular weight is 393 g/mol. The molecule has 1 aliphatic rings. The largest absolute Gasteiger partial charge is 0.323 e. The second-order valence-corrected chi connectivity index (χ2v) is 9.25. The number of hydrogen-bond donors (Lipinski definition) is 2. The molecule has 0 radical (unpaired) electrons. The lowest BCUT2D eigenvalue weighted by atomic mass is 9.86. The molecular formula is C23H27N3O3. The minimum Gasteiger partial charge on any atom is -0.308 e. The number of carbonyl (C=O) groups excluding carboxylic acids is 3. The Hall–Kier alpha value is -3.15. The predicted octanol–water partition coefficient (Wildman–Crippen LogP) is 5.02. The van der Waals surface area contributed by atoms with Gasteiger partial charge in [-0.3, -0.25) is 14.5 Å². The van der Waals surface area contributed by atoms with Gasteiger partial charge in [0.2, 0.25) is 0 Å². The summed E-state index contributed by atoms with van der Waals surface area (Å²) in [6.45, 7) is 11.7. The molecule has 0 atom stereocenters. The molecule has 2 N–H and O–H groups in total. The van der Waals surface area contributed by atoms with Crippen molar-refractivity contribution in [2.75, 3.05) is 10.6 Å². The minimum absolute atomic E-state index is 0.124. The van der Waals surface area contributed by atoms with Crippen molar-refractivity contribution < 1.29 is 14.4 Å². The number of para-hydroxylation sites is 1. The number of nitrogens with one attached hydrogen (secondary N) is 2. The Bertz CT molecular complexity index is 997. The summed E-state index contributed by atoms with van der Waals surface area (Å²) in [5.74, 6) is -0.660. The van der Waals surface area contributed by atoms with Gasteiger partial charge in [0.25, 0.3) is 11.8 Å². The van der Waals surface area contributed by atoms with Gasteiger partial charge in [-0.1, -0.05) is 39.0 Å². The second-order valence-electron chi connectivity index (χ2n) is 9.25. The van der Waals surface area contributed by atoms with Crippen LogP contribution >= 0.6 is 0 Å². The number of fused-ring (bicyclic) bond motifs is 1. The molecule has 0 fully saturated rings. The van der Waals surface area contributed by atoms with Crippen LogP contribution in [0.15, 0.2) is 42.5 Å². The van der Waals surface area contributed by atoms with E-state index in [9.17, 15) is 14.4 Å². The van der Waals surface area contributed by atoms with Crippen molar-refractivity contribution in [2.45, 2.75) is 52.5 Å². The highest BCUT2D eigenvalue weighted by Crippen LogP contribution is 2.32. The van der Waals surface area contributed by atoms with E-state index >= 15 is 0 Å². The van der Waals surface area contributed by atoms with Crippen molar-refractivity contribution in [2.24, 2.45) is 0 Å². The molecule has 1 aliphatic heterocycles. The third-order valence-electron chi connectivity index (χ3n) is 4.80. The molecule has 0 aliphatic carbocycles. The van der Waals surface area contributed by atoms with Gasteiger partial charge in [0, 0.05) is 16.9 Å². The van der Waals surface area contributed by atoms with Crippen molar-refractivity contribution in [1.29, 1.82) is 0 Å². The number of anilines is 2. The Morgan fingerprint density at radius 1 is 0.828 bits per heavy atom. The molecule has 0 spiro atoms. The zero-order chi connectivity index (χ0) is 21.6. The van der Waals surface area contributed by atoms with Crippen LogP contribution in [0, 0.1) is 0 Å². The maximum absolute atomic E-state index is 12.7. The van der Waals surface area contributed by atoms with Crippen molar-refractivity contribution in [3.63, 3.8) is 0 Å². The second kappa shape index (κ2) is 7.03. The van der Waals surface area contributed by atoms with E-state index in [0.717, 1.165) is 11.3 Å². The number of urea groups is 1. The Balaban J connectivity index is 1.81. The highest BCUT2D eigenvalue weighted by molar-refractivity contribution is 6.22. The summed E-state index contributed by atoms with van der Waals surface area (Å²) in [5, 5.41) is 5.63. The van der Waals surface area contributed by atoms with Gasteiger partial charge < -0.3 is 10.6 Å². The lowest BCUT2D eigenvalue weighted by molar-refractivity contribution is 0.0507. The van der Waals surface area contributed by atoms with Crippen molar-refractivity contribution in [3.8, 4) is 0 Å². The summed E-state index contributed by atoms with van der Waals surface area (Å²) < 4.78 is 0. The molecule has 0 bridgehead atoms. The van der Waals surface area contributed by atoms with Crippen LogP contribution in [0.3, 0.4) is 0 Å². The Kier molecular flexibility index (Phi) is 4.99. The van der Waals surface area contributed by atoms with E-state index in [2.05, 4.69) is 31.4 Å². The maximum Gasteiger partial charge on any atom is 0.323 e. The quantitative estimate of drug-likeness (QED) is 0.703. The summed E-state index contributed by atoms with van der Waals surface area (Å²) in [5.41, 5.74) is 2.11. The first-order valence-electron chi connectivity index (χ1n) is 9.60. The van der Waals surface area contributed by atoms with Crippen LogP contribution in [0.1, 0.15) is 67.8 Å². The van der Waals surface area contributed by atoms with Gasteiger partial charge in [0.15, 0.2) is 0 Å². The number of amides is 4. The van der Waals surface area contributed by atoms with Crippen LogP contribution in [0.5, 0.6) is 0 Å². The first kappa shape index (κ1) is 20.6. The SMILES string of the molecule is CC(C)(C)c1ccccc1NC(=O)Nc1ccc2c(c1)C(=O)N(C(C)(C)C)C2=O. The van der Waals surface area contributed by atoms with Crippen molar-refractivity contribution >= 4 is 29.2 Å². The molecule has 4 amide bonds. The number of benzene rings is 2. The highest BCUT2D eigenvalue weighted by atomic mass is 16.2. The fraction of sp³-hybridized carbons (Fsp3) is 0.348. The van der Waals surface area contributed by atoms with Gasteiger partial charge >= 0.3 is 6.03 Å². The van der Waals surface area contributed by atoms with E-state index in [-0.39, 0.29) is 17.2 Å². The van der Waals surface area contributed by atoms with E-state index in [1.54, 1.807) is 18.2 Å². The number of imide groups is 1. The molecule has 0 unspecified atom stereocenters. The van der Waals surface area contributed by atoms with Crippen LogP contribution in [-0.4, -0.2) is 28.3 Å². The third-order valence-corrected chi connectivity index (χ3v) is 4.80. The van der Waals surface area contributed by atoms with Crippen LogP contribution in [0.2, 0.25) is 0 Å². The first-order valence-corrected chi connectivity index (χ1v) is 9.60. The van der Waals surface area contributed by atoms with E-state index in [1.165, 1.54) is 4.90 Å². The van der Waals surface area contributed by atoms with Crippen LogP contribution in [0.25, 0.3) is 0 Å². The smallest absolute Gasteiger partial charge is 0.308 e. The summed E-state index contributed by atoms with van der Waals surface area (Å²) in [4.78, 5) is 39.1. The molecule has 2 aromatic carbocycles. The summed E-state index contributed by atoms with van der Waals surface area (Å²) in [6.07, 6.45) is 0. The Morgan fingerprint density at radius 3 is 2.07 bits per heavy atom. The van der Waals surface area contributed by atoms with Crippen LogP contribution in [-0.2, 0) is 5.41 Å². The molecule has 0 saturated heterocycles. The van der Waals surface area contributed by atoms with Gasteiger partial charge in [-0.25, -0.2) is 4.79 Å². The number of rotatable bonds is 2. The molecule has 0 saturated carbocycles. The molecule has 29 heavy (non-hydrogen) atoms. The number of carbonyl (C=O) groups is 3. The van der Waals surface area contributed by atoms with Gasteiger partial charge in [-0.05, 0) is 56.0 Å². The van der Waals surface area contributed by atoms with E-state index in [0.29, 0.717) is 16.8 Å². The molecule has 2 aromatic rings. The van der Waals surface area contributed by atoms with Crippen LogP contribution in [0.4, 0.5) is 16.2 Å². The molecule has 6 nitrogen and oxygen atoms in total. The van der Waals surface area contributed by atoms with Gasteiger partial charge in [0.05, 0.1) is 11.1 Å². The first-order chi connectivity index (χ1) is 13.4. The summed E-state index contributed by atoms with van der Waals surface area (Å²) in [6, 6.07) is 12.0. The number of nitrogens with zero attached hydrogens (tertiary/aromatic N) is 1. The molecule has 152 valence electrons. The van der Waals surface area contributed by atoms with E-state index in [4.69, 9.17) is 0 Å². The zero-order valence-corrected chi connectivity index (χ0v) is 17.7. The maximum atomic E-state index is 12.7. The molecular weight excluding hydrogens is 366 g/mol. The Morgan fingerprint density at radius 2 is 1.45 bits per heavy atom. The predicted molar refractivity (Wildman–Crippen MR) is 114 cm³/mol. The fourth-order valence-electron chi connectivity index (χ4n) is 3.46. The van der Waals surface area contributed by atoms with Gasteiger partial charge in [-0.15, -0.1) is 0 Å². The normalized spacial score (nSPS) is 14.1. The lowest BCUT2D eigenvalue weighted by Gasteiger charge is -2.29. The average Bonchev–Trinajstić information content (AvgIpc) is 2.84. The molecule has 1 heterocycles. The lowest BCUT2D eigenvalue weighted by Crippen LogP contribution is -2.45.